The van der Waals surface area contributed by atoms with Crippen molar-refractivity contribution in [2.45, 2.75) is 52.0 Å². The fourth-order valence-corrected chi connectivity index (χ4v) is 2.05. The summed E-state index contributed by atoms with van der Waals surface area (Å²) in [5.41, 5.74) is -0.576. The molecule has 2 rings (SSSR count). The zero-order valence-electron chi connectivity index (χ0n) is 11.8. The maximum atomic E-state index is 9.53. The number of hydrogen-bond donors (Lipinski definition) is 2. The van der Waals surface area contributed by atoms with Gasteiger partial charge in [-0.25, -0.2) is 9.98 Å². The lowest BCUT2D eigenvalue weighted by Crippen LogP contribution is -2.34. The monoisotopic (exact) mass is 270 g/mol. The highest BCUT2D eigenvalue weighted by Gasteiger charge is 2.42. The van der Waals surface area contributed by atoms with Crippen LogP contribution in [0.4, 0.5) is 0 Å². The van der Waals surface area contributed by atoms with Gasteiger partial charge in [0.05, 0.1) is 12.2 Å². The molecule has 0 aromatic heterocycles. The first-order chi connectivity index (χ1) is 8.82. The highest BCUT2D eigenvalue weighted by Crippen LogP contribution is 2.29. The molecule has 2 aliphatic rings. The predicted octanol–water partition coefficient (Wildman–Crippen LogP) is 0.369. The molecule has 0 aromatic rings. The summed E-state index contributed by atoms with van der Waals surface area (Å²) in [6.45, 7) is 7.98. The van der Waals surface area contributed by atoms with Crippen molar-refractivity contribution in [3.63, 3.8) is 0 Å². The molecular weight excluding hydrogens is 248 g/mol. The average molecular weight is 270 g/mol. The van der Waals surface area contributed by atoms with Crippen molar-refractivity contribution >= 4 is 11.8 Å². The van der Waals surface area contributed by atoms with Gasteiger partial charge in [0.2, 0.25) is 0 Å². The second-order valence-electron chi connectivity index (χ2n) is 5.73. The molecule has 4 atom stereocenters. The molecule has 0 bridgehead atoms. The van der Waals surface area contributed by atoms with Gasteiger partial charge in [-0.3, -0.25) is 0 Å². The Labute approximate surface area is 113 Å². The summed E-state index contributed by atoms with van der Waals surface area (Å²) in [7, 11) is 0. The van der Waals surface area contributed by atoms with Gasteiger partial charge >= 0.3 is 0 Å². The van der Waals surface area contributed by atoms with Crippen LogP contribution in [0.1, 0.15) is 27.7 Å². The van der Waals surface area contributed by atoms with Crippen molar-refractivity contribution < 1.29 is 19.7 Å². The molecule has 0 saturated heterocycles. The Kier molecular flexibility index (Phi) is 3.82. The molecule has 0 amide bonds. The second kappa shape index (κ2) is 5.09. The van der Waals surface area contributed by atoms with Crippen molar-refractivity contribution in [3.8, 4) is 0 Å². The van der Waals surface area contributed by atoms with E-state index in [2.05, 4.69) is 9.98 Å². The molecule has 0 saturated carbocycles. The third-order valence-electron chi connectivity index (χ3n) is 3.53. The van der Waals surface area contributed by atoms with E-state index in [1.807, 2.05) is 13.8 Å². The maximum absolute atomic E-state index is 9.53. The number of aliphatic hydroxyl groups excluding tert-OH is 2. The number of ether oxygens (including phenoxy) is 2. The van der Waals surface area contributed by atoms with E-state index in [9.17, 15) is 10.2 Å². The Morgan fingerprint density at radius 2 is 1.37 bits per heavy atom. The average Bonchev–Trinajstić information content (AvgIpc) is 2.99. The van der Waals surface area contributed by atoms with Crippen LogP contribution in [0.2, 0.25) is 0 Å². The van der Waals surface area contributed by atoms with Gasteiger partial charge in [0, 0.05) is 0 Å². The summed E-state index contributed by atoms with van der Waals surface area (Å²) in [5.74, 6) is 1.06. The van der Waals surface area contributed by atoms with Gasteiger partial charge in [-0.15, -0.1) is 0 Å². The van der Waals surface area contributed by atoms with Crippen molar-refractivity contribution in [1.82, 2.24) is 0 Å². The number of aliphatic imine (C=N–C) groups is 2. The van der Waals surface area contributed by atoms with Crippen molar-refractivity contribution in [2.75, 3.05) is 13.2 Å². The first kappa shape index (κ1) is 14.3. The Balaban J connectivity index is 2.15. The molecule has 0 radical (unpaired) electrons. The van der Waals surface area contributed by atoms with E-state index >= 15 is 0 Å². The van der Waals surface area contributed by atoms with Crippen molar-refractivity contribution in [2.24, 2.45) is 15.4 Å². The third kappa shape index (κ3) is 2.74. The zero-order valence-corrected chi connectivity index (χ0v) is 11.8. The van der Waals surface area contributed by atoms with Gasteiger partial charge in [-0.1, -0.05) is 0 Å². The van der Waals surface area contributed by atoms with E-state index in [0.29, 0.717) is 25.0 Å². The van der Waals surface area contributed by atoms with Gasteiger partial charge in [-0.2, -0.15) is 0 Å². The number of nitrogens with zero attached hydrogens (tertiary/aromatic N) is 2. The van der Waals surface area contributed by atoms with Crippen LogP contribution in [0.25, 0.3) is 0 Å². The Morgan fingerprint density at radius 1 is 1.00 bits per heavy atom. The molecular formula is C13H22N2O4. The lowest BCUT2D eigenvalue weighted by Gasteiger charge is -2.22. The molecule has 0 aliphatic carbocycles. The van der Waals surface area contributed by atoms with Crippen LogP contribution in [0.15, 0.2) is 9.98 Å². The van der Waals surface area contributed by atoms with E-state index < -0.39 is 17.6 Å². The van der Waals surface area contributed by atoms with Gasteiger partial charge in [0.1, 0.15) is 30.7 Å². The van der Waals surface area contributed by atoms with E-state index in [4.69, 9.17) is 9.47 Å². The lowest BCUT2D eigenvalue weighted by molar-refractivity contribution is 0.141. The predicted molar refractivity (Wildman–Crippen MR) is 71.5 cm³/mol. The van der Waals surface area contributed by atoms with Gasteiger partial charge < -0.3 is 19.7 Å². The molecule has 2 N–H and O–H groups in total. The summed E-state index contributed by atoms with van der Waals surface area (Å²) in [6, 6.07) is -0.465. The Morgan fingerprint density at radius 3 is 1.63 bits per heavy atom. The molecule has 6 nitrogen and oxygen atoms in total. The summed E-state index contributed by atoms with van der Waals surface area (Å²) >= 11 is 0. The van der Waals surface area contributed by atoms with Crippen LogP contribution in [0.5, 0.6) is 0 Å². The highest BCUT2D eigenvalue weighted by molar-refractivity contribution is 6.05. The second-order valence-corrected chi connectivity index (χ2v) is 5.73. The van der Waals surface area contributed by atoms with Crippen LogP contribution in [0, 0.1) is 5.41 Å². The largest absolute Gasteiger partial charge is 0.478 e. The molecule has 2 aliphatic heterocycles. The molecule has 6 heteroatoms. The third-order valence-corrected chi connectivity index (χ3v) is 3.53. The Hall–Kier alpha value is -1.14. The molecule has 19 heavy (non-hydrogen) atoms. The highest BCUT2D eigenvalue weighted by atomic mass is 16.5. The summed E-state index contributed by atoms with van der Waals surface area (Å²) in [5, 5.41) is 19.1. The van der Waals surface area contributed by atoms with Crippen molar-refractivity contribution in [3.05, 3.63) is 0 Å². The molecule has 0 unspecified atom stereocenters. The minimum atomic E-state index is -0.576. The van der Waals surface area contributed by atoms with E-state index in [0.717, 1.165) is 0 Å². The molecule has 2 heterocycles. The fraction of sp³-hybridized carbons (Fsp3) is 0.846. The molecule has 0 aromatic carbocycles. The van der Waals surface area contributed by atoms with Gasteiger partial charge in [0.15, 0.2) is 11.8 Å². The minimum absolute atomic E-state index is 0.233. The van der Waals surface area contributed by atoms with Crippen LogP contribution in [-0.4, -0.2) is 59.5 Å². The Bertz CT molecular complexity index is 365. The van der Waals surface area contributed by atoms with Gasteiger partial charge in [0.25, 0.3) is 0 Å². The first-order valence-corrected chi connectivity index (χ1v) is 6.60. The number of hydrogen-bond acceptors (Lipinski definition) is 6. The van der Waals surface area contributed by atoms with E-state index in [-0.39, 0.29) is 12.1 Å². The topological polar surface area (TPSA) is 83.6 Å². The SMILES string of the molecule is C[C@@H](O)[C@H]1COC(C(C)(C)C2=N[C@@H]([C@@H](C)O)CO2)=N1. The van der Waals surface area contributed by atoms with Crippen molar-refractivity contribution in [1.29, 1.82) is 0 Å². The van der Waals surface area contributed by atoms with E-state index in [1.54, 1.807) is 13.8 Å². The maximum Gasteiger partial charge on any atom is 0.199 e. The van der Waals surface area contributed by atoms with Crippen LogP contribution < -0.4 is 0 Å². The van der Waals surface area contributed by atoms with Crippen LogP contribution in [0.3, 0.4) is 0 Å². The standard InChI is InChI=1S/C13H22N2O4/c1-7(16)9-5-18-11(14-9)13(3,4)12-15-10(6-19-12)8(2)17/h7-10,16-17H,5-6H2,1-4H3/t7-,8-,9-,10-/m1/s1. The quantitative estimate of drug-likeness (QED) is 0.773. The van der Waals surface area contributed by atoms with Crippen LogP contribution in [-0.2, 0) is 9.47 Å². The smallest absolute Gasteiger partial charge is 0.199 e. The summed E-state index contributed by atoms with van der Waals surface area (Å²) in [6.07, 6.45) is -1.07. The minimum Gasteiger partial charge on any atom is -0.478 e. The summed E-state index contributed by atoms with van der Waals surface area (Å²) < 4.78 is 11.1. The zero-order chi connectivity index (χ0) is 14.2. The van der Waals surface area contributed by atoms with E-state index in [1.165, 1.54) is 0 Å². The van der Waals surface area contributed by atoms with Gasteiger partial charge in [-0.05, 0) is 27.7 Å². The summed E-state index contributed by atoms with van der Waals surface area (Å²) in [4.78, 5) is 8.79. The molecule has 0 fully saturated rings. The first-order valence-electron chi connectivity index (χ1n) is 6.60. The lowest BCUT2D eigenvalue weighted by atomic mass is 9.93. The molecule has 0 spiro atoms. The normalized spacial score (nSPS) is 30.2. The van der Waals surface area contributed by atoms with Crippen LogP contribution >= 0.6 is 0 Å². The molecule has 108 valence electrons. The number of aliphatic hydroxyl groups is 2. The number of rotatable bonds is 4. The fourth-order valence-electron chi connectivity index (χ4n) is 2.05.